The Morgan fingerprint density at radius 1 is 0.966 bits per heavy atom. The van der Waals surface area contributed by atoms with E-state index in [-0.39, 0.29) is 11.8 Å². The number of fused-ring (bicyclic) bond motifs is 1. The van der Waals surface area contributed by atoms with Crippen molar-refractivity contribution in [1.82, 2.24) is 9.97 Å². The zero-order valence-electron chi connectivity index (χ0n) is 15.7. The Balaban J connectivity index is 1.49. The van der Waals surface area contributed by atoms with Crippen LogP contribution >= 0.6 is 11.3 Å². The second-order valence-corrected chi connectivity index (χ2v) is 7.44. The Bertz CT molecular complexity index is 1190. The molecule has 0 atom stereocenters. The highest BCUT2D eigenvalue weighted by molar-refractivity contribution is 7.22. The maximum atomic E-state index is 12.7. The number of aromatic nitrogens is 2. The maximum Gasteiger partial charge on any atom is 0.257 e. The van der Waals surface area contributed by atoms with Crippen LogP contribution in [0, 0.1) is 0 Å². The normalized spacial score (nSPS) is 10.7. The predicted molar refractivity (Wildman–Crippen MR) is 116 cm³/mol. The van der Waals surface area contributed by atoms with Crippen molar-refractivity contribution in [2.24, 2.45) is 0 Å². The van der Waals surface area contributed by atoms with Crippen molar-refractivity contribution >= 4 is 44.2 Å². The van der Waals surface area contributed by atoms with Crippen LogP contribution in [0.5, 0.6) is 0 Å². The van der Waals surface area contributed by atoms with Crippen molar-refractivity contribution < 1.29 is 9.59 Å². The van der Waals surface area contributed by atoms with E-state index in [0.29, 0.717) is 21.9 Å². The second-order valence-electron chi connectivity index (χ2n) is 6.41. The Labute approximate surface area is 171 Å². The van der Waals surface area contributed by atoms with Crippen LogP contribution < -0.4 is 10.6 Å². The van der Waals surface area contributed by atoms with E-state index in [9.17, 15) is 9.59 Å². The first kappa shape index (κ1) is 18.8. The molecule has 2 N–H and O–H groups in total. The minimum atomic E-state index is -0.284. The summed E-state index contributed by atoms with van der Waals surface area (Å²) in [6.45, 7) is 2.10. The smallest absolute Gasteiger partial charge is 0.257 e. The highest BCUT2D eigenvalue weighted by atomic mass is 32.1. The van der Waals surface area contributed by atoms with Crippen LogP contribution in [0.25, 0.3) is 10.2 Å². The molecule has 4 aromatic rings. The summed E-state index contributed by atoms with van der Waals surface area (Å²) in [6.07, 6.45) is 4.04. The van der Waals surface area contributed by atoms with Gasteiger partial charge in [0.05, 0.1) is 15.8 Å². The average molecular weight is 402 g/mol. The number of rotatable bonds is 5. The van der Waals surface area contributed by atoms with E-state index in [1.165, 1.54) is 23.1 Å². The number of carbonyl (C=O) groups excluding carboxylic acids is 2. The van der Waals surface area contributed by atoms with E-state index in [0.717, 1.165) is 16.6 Å². The zero-order chi connectivity index (χ0) is 20.2. The number of anilines is 2. The van der Waals surface area contributed by atoms with Crippen LogP contribution in [-0.2, 0) is 6.42 Å². The number of hydrogen-bond donors (Lipinski definition) is 2. The van der Waals surface area contributed by atoms with Gasteiger partial charge in [0.25, 0.3) is 11.8 Å². The molecule has 0 aliphatic heterocycles. The molecule has 2 heterocycles. The lowest BCUT2D eigenvalue weighted by Gasteiger charge is -2.07. The van der Waals surface area contributed by atoms with Crippen LogP contribution in [0.3, 0.4) is 0 Å². The third kappa shape index (κ3) is 4.30. The fourth-order valence-corrected chi connectivity index (χ4v) is 3.77. The summed E-state index contributed by atoms with van der Waals surface area (Å²) < 4.78 is 1.04. The van der Waals surface area contributed by atoms with E-state index in [1.807, 2.05) is 12.1 Å². The van der Waals surface area contributed by atoms with Gasteiger partial charge in [-0.15, -0.1) is 0 Å². The van der Waals surface area contributed by atoms with Gasteiger partial charge in [0.1, 0.15) is 0 Å². The number of hydrogen-bond acceptors (Lipinski definition) is 5. The van der Waals surface area contributed by atoms with Gasteiger partial charge in [-0.25, -0.2) is 4.98 Å². The van der Waals surface area contributed by atoms with E-state index in [1.54, 1.807) is 42.6 Å². The molecule has 6 nitrogen and oxygen atoms in total. The van der Waals surface area contributed by atoms with Crippen LogP contribution in [-0.4, -0.2) is 21.8 Å². The number of benzene rings is 2. The molecule has 0 bridgehead atoms. The number of nitrogens with zero attached hydrogens (tertiary/aromatic N) is 2. The van der Waals surface area contributed by atoms with Gasteiger partial charge in [-0.1, -0.05) is 30.4 Å². The highest BCUT2D eigenvalue weighted by Crippen LogP contribution is 2.27. The molecule has 0 saturated carbocycles. The SMILES string of the molecule is CCc1ccc2nc(NC(=O)c3cccc(NC(=O)c4cccnc4)c3)sc2c1. The molecule has 0 unspecified atom stereocenters. The van der Waals surface area contributed by atoms with Crippen molar-refractivity contribution in [3.8, 4) is 0 Å². The first-order chi connectivity index (χ1) is 14.1. The Morgan fingerprint density at radius 2 is 1.79 bits per heavy atom. The summed E-state index contributed by atoms with van der Waals surface area (Å²) in [5.41, 5.74) is 3.50. The molecule has 0 radical (unpaired) electrons. The van der Waals surface area contributed by atoms with Gasteiger partial charge in [-0.3, -0.25) is 19.9 Å². The number of carbonyl (C=O) groups is 2. The average Bonchev–Trinajstić information content (AvgIpc) is 3.15. The minimum absolute atomic E-state index is 0.280. The summed E-state index contributed by atoms with van der Waals surface area (Å²) in [7, 11) is 0. The van der Waals surface area contributed by atoms with Gasteiger partial charge in [-0.2, -0.15) is 0 Å². The lowest BCUT2D eigenvalue weighted by atomic mass is 10.2. The third-order valence-corrected chi connectivity index (χ3v) is 5.32. The molecule has 29 heavy (non-hydrogen) atoms. The number of nitrogens with one attached hydrogen (secondary N) is 2. The lowest BCUT2D eigenvalue weighted by Crippen LogP contribution is -2.14. The number of aryl methyl sites for hydroxylation is 1. The van der Waals surface area contributed by atoms with E-state index in [4.69, 9.17) is 0 Å². The van der Waals surface area contributed by atoms with Crippen LogP contribution in [0.2, 0.25) is 0 Å². The van der Waals surface area contributed by atoms with Gasteiger partial charge in [0, 0.05) is 23.6 Å². The third-order valence-electron chi connectivity index (χ3n) is 4.39. The van der Waals surface area contributed by atoms with E-state index in [2.05, 4.69) is 33.6 Å². The van der Waals surface area contributed by atoms with E-state index >= 15 is 0 Å². The van der Waals surface area contributed by atoms with Crippen molar-refractivity contribution in [1.29, 1.82) is 0 Å². The van der Waals surface area contributed by atoms with Crippen LogP contribution in [0.1, 0.15) is 33.2 Å². The zero-order valence-corrected chi connectivity index (χ0v) is 16.5. The summed E-state index contributed by atoms with van der Waals surface area (Å²) in [5, 5.41) is 6.17. The van der Waals surface area contributed by atoms with Gasteiger partial charge in [0.2, 0.25) is 0 Å². The van der Waals surface area contributed by atoms with Crippen molar-refractivity contribution in [2.75, 3.05) is 10.6 Å². The largest absolute Gasteiger partial charge is 0.322 e. The van der Waals surface area contributed by atoms with Crippen molar-refractivity contribution in [3.05, 3.63) is 83.7 Å². The fraction of sp³-hybridized carbons (Fsp3) is 0.0909. The molecular weight excluding hydrogens is 384 g/mol. The number of thiazole rings is 1. The standard InChI is InChI=1S/C22H18N4O2S/c1-2-14-8-9-18-19(11-14)29-22(25-18)26-20(27)15-5-3-7-17(12-15)24-21(28)16-6-4-10-23-13-16/h3-13H,2H2,1H3,(H,24,28)(H,25,26,27). The molecule has 0 fully saturated rings. The second kappa shape index (κ2) is 8.20. The first-order valence-electron chi connectivity index (χ1n) is 9.14. The molecule has 0 aliphatic carbocycles. The predicted octanol–water partition coefficient (Wildman–Crippen LogP) is 4.76. The van der Waals surface area contributed by atoms with Gasteiger partial charge in [-0.05, 0) is 54.4 Å². The Kier molecular flexibility index (Phi) is 5.31. The Hall–Kier alpha value is -3.58. The van der Waals surface area contributed by atoms with Crippen LogP contribution in [0.15, 0.2) is 67.0 Å². The van der Waals surface area contributed by atoms with Crippen molar-refractivity contribution in [3.63, 3.8) is 0 Å². The molecule has 4 rings (SSSR count). The lowest BCUT2D eigenvalue weighted by molar-refractivity contribution is 0.101. The summed E-state index contributed by atoms with van der Waals surface area (Å²) in [6, 6.07) is 16.3. The van der Waals surface area contributed by atoms with Crippen LogP contribution in [0.4, 0.5) is 10.8 Å². The topological polar surface area (TPSA) is 84.0 Å². The molecule has 2 aromatic carbocycles. The molecule has 2 amide bonds. The number of amides is 2. The molecule has 0 aliphatic rings. The molecule has 144 valence electrons. The summed E-state index contributed by atoms with van der Waals surface area (Å²) in [5.74, 6) is -0.564. The molecule has 2 aromatic heterocycles. The summed E-state index contributed by atoms with van der Waals surface area (Å²) in [4.78, 5) is 33.3. The molecule has 0 spiro atoms. The van der Waals surface area contributed by atoms with Gasteiger partial charge in [0.15, 0.2) is 5.13 Å². The first-order valence-corrected chi connectivity index (χ1v) is 9.96. The van der Waals surface area contributed by atoms with Gasteiger partial charge >= 0.3 is 0 Å². The fourth-order valence-electron chi connectivity index (χ4n) is 2.85. The number of pyridine rings is 1. The van der Waals surface area contributed by atoms with Crippen molar-refractivity contribution in [2.45, 2.75) is 13.3 Å². The molecule has 7 heteroatoms. The Morgan fingerprint density at radius 3 is 2.59 bits per heavy atom. The monoisotopic (exact) mass is 402 g/mol. The quantitative estimate of drug-likeness (QED) is 0.504. The highest BCUT2D eigenvalue weighted by Gasteiger charge is 2.12. The maximum absolute atomic E-state index is 12.7. The van der Waals surface area contributed by atoms with Gasteiger partial charge < -0.3 is 5.32 Å². The molecule has 0 saturated heterocycles. The summed E-state index contributed by atoms with van der Waals surface area (Å²) >= 11 is 1.44. The minimum Gasteiger partial charge on any atom is -0.322 e. The molecular formula is C22H18N4O2S. The van der Waals surface area contributed by atoms with E-state index < -0.39 is 0 Å².